The second-order valence-electron chi connectivity index (χ2n) is 9.16. The number of aryl methyl sites for hydroxylation is 1. The molecule has 1 amide bonds. The molecule has 0 radical (unpaired) electrons. The minimum Gasteiger partial charge on any atom is -0.388 e. The monoisotopic (exact) mass is 418 g/mol. The number of benzene rings is 1. The first-order chi connectivity index (χ1) is 14.4. The predicted octanol–water partition coefficient (Wildman–Crippen LogP) is 2.67. The van der Waals surface area contributed by atoms with Crippen LogP contribution in [0.15, 0.2) is 24.3 Å². The zero-order valence-electron chi connectivity index (χ0n) is 18.8. The molecule has 3 rings (SSSR count). The minimum atomic E-state index is -0.737. The Labute approximate surface area is 180 Å². The molecule has 2 atom stereocenters. The summed E-state index contributed by atoms with van der Waals surface area (Å²) in [6.07, 6.45) is 5.00. The van der Waals surface area contributed by atoms with Crippen LogP contribution in [-0.2, 0) is 27.2 Å². The Bertz CT molecular complexity index is 685. The van der Waals surface area contributed by atoms with Crippen molar-refractivity contribution in [1.29, 1.82) is 0 Å². The number of piperidine rings is 1. The number of ether oxygens (including phenoxy) is 2. The molecule has 1 aromatic rings. The van der Waals surface area contributed by atoms with Crippen LogP contribution in [0.2, 0.25) is 0 Å². The van der Waals surface area contributed by atoms with Crippen molar-refractivity contribution in [1.82, 2.24) is 10.2 Å². The molecule has 2 N–H and O–H groups in total. The smallest absolute Gasteiger partial charge is 0.246 e. The maximum atomic E-state index is 12.1. The molecule has 30 heavy (non-hydrogen) atoms. The van der Waals surface area contributed by atoms with Crippen LogP contribution in [0.1, 0.15) is 57.1 Å². The van der Waals surface area contributed by atoms with Crippen LogP contribution in [0.5, 0.6) is 0 Å². The molecule has 1 spiro atoms. The molecule has 2 aliphatic heterocycles. The fourth-order valence-electron chi connectivity index (χ4n) is 4.84. The average Bonchev–Trinajstić information content (AvgIpc) is 2.73. The van der Waals surface area contributed by atoms with Gasteiger partial charge in [0.25, 0.3) is 0 Å². The Hall–Kier alpha value is -1.47. The van der Waals surface area contributed by atoms with E-state index in [0.717, 1.165) is 38.9 Å². The van der Waals surface area contributed by atoms with Gasteiger partial charge in [0.05, 0.1) is 11.1 Å². The van der Waals surface area contributed by atoms with Gasteiger partial charge in [0.1, 0.15) is 12.7 Å². The van der Waals surface area contributed by atoms with Gasteiger partial charge >= 0.3 is 0 Å². The lowest BCUT2D eigenvalue weighted by molar-refractivity contribution is -0.208. The van der Waals surface area contributed by atoms with Crippen molar-refractivity contribution in [3.8, 4) is 0 Å². The SMILES string of the molecule is CCCCc1ccc(CN2CCC3(CC2)OCC[C@@](C)(NC(=O)COC)[C@@H]3O)cc1. The third-order valence-corrected chi connectivity index (χ3v) is 6.76. The van der Waals surface area contributed by atoms with Crippen molar-refractivity contribution in [3.05, 3.63) is 35.4 Å². The van der Waals surface area contributed by atoms with Crippen LogP contribution < -0.4 is 5.32 Å². The van der Waals surface area contributed by atoms with E-state index < -0.39 is 17.2 Å². The summed E-state index contributed by atoms with van der Waals surface area (Å²) < 4.78 is 11.1. The minimum absolute atomic E-state index is 0.00117. The van der Waals surface area contributed by atoms with Crippen LogP contribution in [0.3, 0.4) is 0 Å². The largest absolute Gasteiger partial charge is 0.388 e. The summed E-state index contributed by atoms with van der Waals surface area (Å²) in [5, 5.41) is 14.2. The molecule has 0 unspecified atom stereocenters. The Morgan fingerprint density at radius 1 is 1.23 bits per heavy atom. The number of unbranched alkanes of at least 4 members (excludes halogenated alkanes) is 1. The maximum absolute atomic E-state index is 12.1. The van der Waals surface area contributed by atoms with Gasteiger partial charge in [0.15, 0.2) is 0 Å². The standard InChI is InChI=1S/C24H38N2O4/c1-4-5-6-19-7-9-20(10-8-19)17-26-14-11-24(12-15-26)22(28)23(2,13-16-30-24)25-21(27)18-29-3/h7-10,22,28H,4-6,11-18H2,1-3H3,(H,25,27)/t22-,23+/m0/s1. The first-order valence-electron chi connectivity index (χ1n) is 11.3. The van der Waals surface area contributed by atoms with E-state index in [4.69, 9.17) is 9.47 Å². The van der Waals surface area contributed by atoms with E-state index in [2.05, 4.69) is 41.4 Å². The number of rotatable bonds is 8. The second-order valence-corrected chi connectivity index (χ2v) is 9.16. The summed E-state index contributed by atoms with van der Waals surface area (Å²) in [6.45, 7) is 7.35. The molecule has 6 heteroatoms. The molecular weight excluding hydrogens is 380 g/mol. The predicted molar refractivity (Wildman–Crippen MR) is 117 cm³/mol. The number of hydrogen-bond acceptors (Lipinski definition) is 5. The number of nitrogens with zero attached hydrogens (tertiary/aromatic N) is 1. The third kappa shape index (κ3) is 5.41. The molecule has 0 saturated carbocycles. The first kappa shape index (κ1) is 23.2. The van der Waals surface area contributed by atoms with E-state index in [0.29, 0.717) is 13.0 Å². The van der Waals surface area contributed by atoms with Crippen molar-refractivity contribution < 1.29 is 19.4 Å². The number of nitrogens with one attached hydrogen (secondary N) is 1. The van der Waals surface area contributed by atoms with E-state index in [1.165, 1.54) is 31.1 Å². The Balaban J connectivity index is 1.56. The van der Waals surface area contributed by atoms with Gasteiger partial charge < -0.3 is 19.9 Å². The normalized spacial score (nSPS) is 26.6. The summed E-state index contributed by atoms with van der Waals surface area (Å²) in [6, 6.07) is 8.98. The van der Waals surface area contributed by atoms with E-state index >= 15 is 0 Å². The lowest BCUT2D eigenvalue weighted by Gasteiger charge is -2.53. The van der Waals surface area contributed by atoms with Crippen LogP contribution in [-0.4, -0.2) is 66.6 Å². The molecule has 1 aromatic carbocycles. The van der Waals surface area contributed by atoms with E-state index in [1.54, 1.807) is 0 Å². The highest BCUT2D eigenvalue weighted by molar-refractivity contribution is 5.78. The van der Waals surface area contributed by atoms with Gasteiger partial charge in [0.2, 0.25) is 5.91 Å². The molecule has 2 aliphatic rings. The van der Waals surface area contributed by atoms with Gasteiger partial charge in [-0.3, -0.25) is 9.69 Å². The van der Waals surface area contributed by atoms with Crippen LogP contribution in [0.25, 0.3) is 0 Å². The molecule has 2 heterocycles. The zero-order chi connectivity index (χ0) is 21.6. The molecule has 168 valence electrons. The van der Waals surface area contributed by atoms with Crippen LogP contribution in [0.4, 0.5) is 0 Å². The Morgan fingerprint density at radius 2 is 1.90 bits per heavy atom. The van der Waals surface area contributed by atoms with E-state index in [1.807, 2.05) is 6.92 Å². The fraction of sp³-hybridized carbons (Fsp3) is 0.708. The number of aliphatic hydroxyl groups excluding tert-OH is 1. The van der Waals surface area contributed by atoms with E-state index in [9.17, 15) is 9.90 Å². The number of carbonyl (C=O) groups excluding carboxylic acids is 1. The van der Waals surface area contributed by atoms with Gasteiger partial charge in [0, 0.05) is 33.4 Å². The third-order valence-electron chi connectivity index (χ3n) is 6.76. The van der Waals surface area contributed by atoms with Gasteiger partial charge in [-0.15, -0.1) is 0 Å². The van der Waals surface area contributed by atoms with E-state index in [-0.39, 0.29) is 12.5 Å². The van der Waals surface area contributed by atoms with Crippen LogP contribution in [0, 0.1) is 0 Å². The summed E-state index contributed by atoms with van der Waals surface area (Å²) >= 11 is 0. The number of amides is 1. The lowest BCUT2D eigenvalue weighted by Crippen LogP contribution is -2.69. The zero-order valence-corrected chi connectivity index (χ0v) is 18.8. The quantitative estimate of drug-likeness (QED) is 0.679. The average molecular weight is 419 g/mol. The number of methoxy groups -OCH3 is 1. The van der Waals surface area contributed by atoms with Crippen molar-refractivity contribution in [2.75, 3.05) is 33.4 Å². The highest BCUT2D eigenvalue weighted by Crippen LogP contribution is 2.40. The second kappa shape index (κ2) is 10.2. The van der Waals surface area contributed by atoms with Gasteiger partial charge in [-0.1, -0.05) is 37.6 Å². The number of carbonyl (C=O) groups is 1. The number of aliphatic hydroxyl groups is 1. The van der Waals surface area contributed by atoms with Crippen molar-refractivity contribution >= 4 is 5.91 Å². The van der Waals surface area contributed by atoms with Crippen molar-refractivity contribution in [2.24, 2.45) is 0 Å². The topological polar surface area (TPSA) is 71.0 Å². The van der Waals surface area contributed by atoms with Gasteiger partial charge in [-0.2, -0.15) is 0 Å². The molecular formula is C24H38N2O4. The molecule has 0 aromatic heterocycles. The summed E-state index contributed by atoms with van der Waals surface area (Å²) in [7, 11) is 1.50. The molecule has 2 fully saturated rings. The lowest BCUT2D eigenvalue weighted by atomic mass is 9.73. The fourth-order valence-corrected chi connectivity index (χ4v) is 4.84. The molecule has 6 nitrogen and oxygen atoms in total. The number of hydrogen-bond donors (Lipinski definition) is 2. The first-order valence-corrected chi connectivity index (χ1v) is 11.3. The highest BCUT2D eigenvalue weighted by Gasteiger charge is 2.53. The van der Waals surface area contributed by atoms with Crippen LogP contribution >= 0.6 is 0 Å². The van der Waals surface area contributed by atoms with Gasteiger partial charge in [-0.25, -0.2) is 0 Å². The van der Waals surface area contributed by atoms with Crippen molar-refractivity contribution in [3.63, 3.8) is 0 Å². The summed E-state index contributed by atoms with van der Waals surface area (Å²) in [5.41, 5.74) is 1.46. The summed E-state index contributed by atoms with van der Waals surface area (Å²) in [5.74, 6) is -0.198. The number of likely N-dealkylation sites (tertiary alicyclic amines) is 1. The summed E-state index contributed by atoms with van der Waals surface area (Å²) in [4.78, 5) is 14.5. The Kier molecular flexibility index (Phi) is 7.91. The molecule has 0 bridgehead atoms. The maximum Gasteiger partial charge on any atom is 0.246 e. The highest BCUT2D eigenvalue weighted by atomic mass is 16.5. The molecule has 2 saturated heterocycles. The van der Waals surface area contributed by atoms with Crippen molar-refractivity contribution in [2.45, 2.75) is 76.2 Å². The molecule has 0 aliphatic carbocycles. The Morgan fingerprint density at radius 3 is 2.53 bits per heavy atom. The van der Waals surface area contributed by atoms with Gasteiger partial charge in [-0.05, 0) is 50.2 Å².